The molecule has 5 fully saturated rings. The highest BCUT2D eigenvalue weighted by molar-refractivity contribution is 7.22. The molecule has 6 heterocycles. The molecule has 27 nitrogen and oxygen atoms in total. The van der Waals surface area contributed by atoms with Gasteiger partial charge in [-0.15, -0.1) is 0 Å². The molecule has 5 atom stereocenters. The number of carbonyl (C=O) groups excluding carboxylic acids is 5. The van der Waals surface area contributed by atoms with Gasteiger partial charge in [-0.25, -0.2) is 24.4 Å². The summed E-state index contributed by atoms with van der Waals surface area (Å²) in [5, 5.41) is 51.6. The van der Waals surface area contributed by atoms with Crippen LogP contribution in [-0.2, 0) is 69.0 Å². The summed E-state index contributed by atoms with van der Waals surface area (Å²) in [5.74, 6) is -4.19. The number of carboxylic acids is 3. The fraction of sp³-hybridized carbons (Fsp3) is 0.479. The smallest absolute Gasteiger partial charge is 0.410 e. The van der Waals surface area contributed by atoms with Crippen molar-refractivity contribution in [3.63, 3.8) is 0 Å². The first-order valence-electron chi connectivity index (χ1n) is 33.4. The van der Waals surface area contributed by atoms with Gasteiger partial charge in [0, 0.05) is 118 Å². The Morgan fingerprint density at radius 1 is 0.828 bits per heavy atom. The summed E-state index contributed by atoms with van der Waals surface area (Å²) in [7, 11) is 0. The molecule has 4 aliphatic carbocycles. The van der Waals surface area contributed by atoms with E-state index in [0.29, 0.717) is 65.7 Å². The lowest BCUT2D eigenvalue weighted by molar-refractivity contribution is -0.248. The Morgan fingerprint density at radius 2 is 1.62 bits per heavy atom. The Labute approximate surface area is 574 Å². The van der Waals surface area contributed by atoms with E-state index in [2.05, 4.69) is 29.5 Å². The van der Waals surface area contributed by atoms with Gasteiger partial charge in [-0.05, 0) is 128 Å². The molecule has 3 aliphatic heterocycles. The number of imide groups is 1. The lowest BCUT2D eigenvalue weighted by Gasteiger charge is -2.69. The van der Waals surface area contributed by atoms with Gasteiger partial charge < -0.3 is 64.0 Å². The molecule has 6 aromatic rings. The number of hydrogen-bond acceptors (Lipinski definition) is 20. The SMILES string of the molecule is Cc1c(-c2ccc(N3CCc4cccc(C(=O)Nc5nc6ccccc6s5)c4C3)nc2C(=O)O)cnn1CC12CC3(C)CC(C)(C1)CC(OCCN(CCCC(=O)O)C(=O)OCc1ccc(O[C@H]4C[C@@H](O)C[C@@H](C(=O)O)O4)cc1OCCOCCNC(=O)CCN1C(=O)C=CC1=O)(C3)C2. The van der Waals surface area contributed by atoms with E-state index in [1.165, 1.54) is 22.3 Å². The summed E-state index contributed by atoms with van der Waals surface area (Å²) in [5.41, 5.74) is 4.36. The highest BCUT2D eigenvalue weighted by Gasteiger charge is 2.66. The molecule has 4 bridgehead atoms. The minimum Gasteiger partial charge on any atom is -0.491 e. The number of nitrogens with one attached hydrogen (secondary N) is 2. The van der Waals surface area contributed by atoms with E-state index in [-0.39, 0.29) is 137 Å². The molecule has 2 unspecified atom stereocenters. The number of aromatic carboxylic acids is 1. The number of amides is 5. The zero-order chi connectivity index (χ0) is 69.8. The van der Waals surface area contributed by atoms with Crippen molar-refractivity contribution < 1.29 is 87.2 Å². The Morgan fingerprint density at radius 3 is 2.37 bits per heavy atom. The largest absolute Gasteiger partial charge is 0.491 e. The van der Waals surface area contributed by atoms with Crippen molar-refractivity contribution >= 4 is 80.1 Å². The number of ether oxygens (including phenoxy) is 6. The number of fused-ring (bicyclic) bond motifs is 2. The van der Waals surface area contributed by atoms with Crippen LogP contribution in [0.4, 0.5) is 15.7 Å². The third-order valence-corrected chi connectivity index (χ3v) is 20.5. The molecular weight excluding hydrogens is 1300 g/mol. The summed E-state index contributed by atoms with van der Waals surface area (Å²) in [4.78, 5) is 115. The third-order valence-electron chi connectivity index (χ3n) is 19.5. The summed E-state index contributed by atoms with van der Waals surface area (Å²) in [6.07, 6.45) is 5.42. The topological polar surface area (TPSA) is 350 Å². The van der Waals surface area contributed by atoms with Gasteiger partial charge in [0.15, 0.2) is 16.9 Å². The normalized spacial score (nSPS) is 23.7. The molecule has 5 amide bonds. The average molecular weight is 1380 g/mol. The number of pyridine rings is 1. The fourth-order valence-electron chi connectivity index (χ4n) is 16.4. The van der Waals surface area contributed by atoms with Crippen molar-refractivity contribution in [3.05, 3.63) is 125 Å². The monoisotopic (exact) mass is 1380 g/mol. The molecule has 99 heavy (non-hydrogen) atoms. The second kappa shape index (κ2) is 29.2. The van der Waals surface area contributed by atoms with E-state index in [9.17, 15) is 58.8 Å². The van der Waals surface area contributed by atoms with Crippen molar-refractivity contribution in [2.75, 3.05) is 69.4 Å². The number of thiazole rings is 1. The molecule has 1 saturated heterocycles. The van der Waals surface area contributed by atoms with E-state index >= 15 is 0 Å². The van der Waals surface area contributed by atoms with Crippen molar-refractivity contribution in [1.82, 2.24) is 34.9 Å². The number of aromatic nitrogens is 4. The zero-order valence-electron chi connectivity index (χ0n) is 55.4. The van der Waals surface area contributed by atoms with Crippen LogP contribution in [0.25, 0.3) is 21.3 Å². The second-order valence-electron chi connectivity index (χ2n) is 27.6. The molecule has 0 spiro atoms. The van der Waals surface area contributed by atoms with Crippen LogP contribution < -0.4 is 25.0 Å². The predicted molar refractivity (Wildman–Crippen MR) is 358 cm³/mol. The van der Waals surface area contributed by atoms with Crippen LogP contribution in [0.2, 0.25) is 0 Å². The summed E-state index contributed by atoms with van der Waals surface area (Å²) in [6, 6.07) is 21.7. The number of hydrogen-bond donors (Lipinski definition) is 6. The number of aliphatic carboxylic acids is 2. The minimum atomic E-state index is -1.30. The van der Waals surface area contributed by atoms with Gasteiger partial charge in [-0.1, -0.05) is 49.4 Å². The minimum absolute atomic E-state index is 0.00432. The maximum atomic E-state index is 14.2. The first-order chi connectivity index (χ1) is 47.4. The number of para-hydroxylation sites is 1. The highest BCUT2D eigenvalue weighted by atomic mass is 32.1. The van der Waals surface area contributed by atoms with Crippen molar-refractivity contribution in [2.24, 2.45) is 16.2 Å². The molecule has 3 aromatic heterocycles. The molecule has 7 aliphatic rings. The molecule has 28 heteroatoms. The Bertz CT molecular complexity index is 4060. The summed E-state index contributed by atoms with van der Waals surface area (Å²) in [6.45, 7) is 8.21. The summed E-state index contributed by atoms with van der Waals surface area (Å²) >= 11 is 1.40. The Hall–Kier alpha value is -9.35. The number of carbonyl (C=O) groups is 8. The fourth-order valence-corrected chi connectivity index (χ4v) is 17.2. The number of rotatable bonds is 30. The molecule has 4 saturated carbocycles. The van der Waals surface area contributed by atoms with Gasteiger partial charge in [0.2, 0.25) is 12.2 Å². The number of aliphatic hydroxyl groups excluding tert-OH is 1. The van der Waals surface area contributed by atoms with E-state index in [1.807, 2.05) is 59.0 Å². The number of nitrogens with zero attached hydrogens (tertiary/aromatic N) is 7. The lowest BCUT2D eigenvalue weighted by Crippen LogP contribution is -2.64. The van der Waals surface area contributed by atoms with Crippen LogP contribution in [0.15, 0.2) is 91.1 Å². The van der Waals surface area contributed by atoms with E-state index in [1.54, 1.807) is 30.5 Å². The number of anilines is 2. The van der Waals surface area contributed by atoms with E-state index < -0.39 is 59.9 Å². The zero-order valence-corrected chi connectivity index (χ0v) is 56.2. The molecular formula is C71H81N9O18S. The van der Waals surface area contributed by atoms with E-state index in [0.717, 1.165) is 76.2 Å². The van der Waals surface area contributed by atoms with Crippen LogP contribution in [-0.4, -0.2) is 181 Å². The van der Waals surface area contributed by atoms with Gasteiger partial charge >= 0.3 is 24.0 Å². The lowest BCUT2D eigenvalue weighted by atomic mass is 9.39. The highest BCUT2D eigenvalue weighted by Crippen LogP contribution is 2.72. The number of aliphatic hydroxyl groups is 1. The van der Waals surface area contributed by atoms with Gasteiger partial charge in [0.25, 0.3) is 17.7 Å². The standard InChI is InChI=1S/C71H81N9O18S/c1-43-50(48-15-16-56(75-62(48)65(90)91)78-23-19-44-8-6-9-49(51(44)34-78)63(87)76-66-74-52-10-4-5-11-55(52)99-66)33-73-80(43)42-70-37-68(2)36-69(3,38-70)40-71(39-68,41-70)96-27-25-77(22-7-12-60(85)86)67(92)95-35-45-13-14-47(97-61-31-46(81)30-54(98-61)64(88)89)32-53(45)94-29-28-93-26-21-72-57(82)20-24-79-58(83)17-18-59(79)84/h4-6,8-11,13-18,32-33,46,54,61,81H,7,12,19-31,34-42H2,1-3H3,(H,72,82)(H,85,86)(H,88,89)(H,90,91)(H,74,76,87)/t46-,54-,61+,68?,69?,70?,71?/m0/s1. The number of carboxylic acid groups (broad SMARTS) is 3. The van der Waals surface area contributed by atoms with Gasteiger partial charge in [-0.3, -0.25) is 38.9 Å². The van der Waals surface area contributed by atoms with Crippen LogP contribution in [0, 0.1) is 23.2 Å². The molecule has 6 N–H and O–H groups in total. The average Bonchev–Trinajstić information content (AvgIpc) is 1.01. The van der Waals surface area contributed by atoms with Crippen molar-refractivity contribution in [2.45, 2.75) is 142 Å². The van der Waals surface area contributed by atoms with Crippen LogP contribution in [0.1, 0.15) is 128 Å². The molecule has 13 rings (SSSR count). The van der Waals surface area contributed by atoms with Crippen molar-refractivity contribution in [1.29, 1.82) is 0 Å². The summed E-state index contributed by atoms with van der Waals surface area (Å²) < 4.78 is 39.4. The first-order valence-corrected chi connectivity index (χ1v) is 34.2. The Kier molecular flexibility index (Phi) is 20.5. The maximum Gasteiger partial charge on any atom is 0.410 e. The molecule has 524 valence electrons. The molecule has 0 radical (unpaired) electrons. The van der Waals surface area contributed by atoms with Gasteiger partial charge in [0.1, 0.15) is 30.5 Å². The number of benzene rings is 3. The van der Waals surface area contributed by atoms with Gasteiger partial charge in [-0.2, -0.15) is 5.10 Å². The predicted octanol–water partition coefficient (Wildman–Crippen LogP) is 8.17. The third kappa shape index (κ3) is 16.2. The van der Waals surface area contributed by atoms with E-state index in [4.69, 9.17) is 38.5 Å². The van der Waals surface area contributed by atoms with Crippen molar-refractivity contribution in [3.8, 4) is 22.6 Å². The van der Waals surface area contributed by atoms with Crippen LogP contribution in [0.3, 0.4) is 0 Å². The Balaban J connectivity index is 0.689. The van der Waals surface area contributed by atoms with Crippen LogP contribution >= 0.6 is 11.3 Å². The maximum absolute atomic E-state index is 14.2. The molecule has 3 aromatic carbocycles. The second-order valence-corrected chi connectivity index (χ2v) is 28.6. The quantitative estimate of drug-likeness (QED) is 0.0183. The van der Waals surface area contributed by atoms with Gasteiger partial charge in [0.05, 0.1) is 47.9 Å². The van der Waals surface area contributed by atoms with Crippen LogP contribution in [0.5, 0.6) is 11.5 Å². The first kappa shape index (κ1) is 69.5.